The Morgan fingerprint density at radius 2 is 2.32 bits per heavy atom. The van der Waals surface area contributed by atoms with Crippen molar-refractivity contribution in [1.29, 1.82) is 0 Å². The first kappa shape index (κ1) is 15.5. The summed E-state index contributed by atoms with van der Waals surface area (Å²) in [7, 11) is 0. The van der Waals surface area contributed by atoms with Crippen molar-refractivity contribution in [3.05, 3.63) is 29.3 Å². The summed E-state index contributed by atoms with van der Waals surface area (Å²) < 4.78 is 0. The molecule has 0 bridgehead atoms. The van der Waals surface area contributed by atoms with Gasteiger partial charge in [-0.2, -0.15) is 0 Å². The molecule has 2 aliphatic heterocycles. The number of nitrogens with zero attached hydrogens (tertiary/aromatic N) is 1. The fourth-order valence-electron chi connectivity index (χ4n) is 3.59. The molecule has 0 aromatic heterocycles. The fraction of sp³-hybridized carbons (Fsp3) is 0.611. The minimum absolute atomic E-state index is 0.161. The Morgan fingerprint density at radius 1 is 1.41 bits per heavy atom. The molecule has 0 radical (unpaired) electrons. The standard InChI is InChI=1S/C18H27N3O/c1-2-10-21-12-15-4-3-5-17(16(15)13-21)20-18(22)7-6-14-8-9-19-11-14/h3-5,14,19H,2,6-13H2,1H3,(H,20,22). The molecule has 4 nitrogen and oxygen atoms in total. The first-order chi connectivity index (χ1) is 10.8. The van der Waals surface area contributed by atoms with Crippen molar-refractivity contribution in [1.82, 2.24) is 10.2 Å². The van der Waals surface area contributed by atoms with Crippen LogP contribution < -0.4 is 10.6 Å². The number of fused-ring (bicyclic) bond motifs is 1. The zero-order chi connectivity index (χ0) is 15.4. The van der Waals surface area contributed by atoms with Gasteiger partial charge < -0.3 is 10.6 Å². The average molecular weight is 301 g/mol. The van der Waals surface area contributed by atoms with E-state index in [1.807, 2.05) is 6.07 Å². The van der Waals surface area contributed by atoms with Gasteiger partial charge in [0, 0.05) is 25.2 Å². The lowest BCUT2D eigenvalue weighted by Crippen LogP contribution is -2.18. The van der Waals surface area contributed by atoms with Gasteiger partial charge in [0.15, 0.2) is 0 Å². The summed E-state index contributed by atoms with van der Waals surface area (Å²) in [6.45, 7) is 7.48. The molecule has 1 fully saturated rings. The summed E-state index contributed by atoms with van der Waals surface area (Å²) in [6.07, 6.45) is 4.01. The van der Waals surface area contributed by atoms with Crippen LogP contribution in [0.2, 0.25) is 0 Å². The number of carbonyl (C=O) groups excluding carboxylic acids is 1. The van der Waals surface area contributed by atoms with E-state index in [1.165, 1.54) is 24.0 Å². The molecule has 2 aliphatic rings. The molecule has 3 rings (SSSR count). The number of amides is 1. The summed E-state index contributed by atoms with van der Waals surface area (Å²) in [5.74, 6) is 0.835. The molecular formula is C18H27N3O. The van der Waals surface area contributed by atoms with Gasteiger partial charge in [0.25, 0.3) is 0 Å². The van der Waals surface area contributed by atoms with Crippen LogP contribution in [0, 0.1) is 5.92 Å². The van der Waals surface area contributed by atoms with E-state index in [4.69, 9.17) is 0 Å². The number of benzene rings is 1. The van der Waals surface area contributed by atoms with Gasteiger partial charge >= 0.3 is 0 Å². The maximum absolute atomic E-state index is 12.2. The number of anilines is 1. The maximum Gasteiger partial charge on any atom is 0.224 e. The average Bonchev–Trinajstić information content (AvgIpc) is 3.14. The van der Waals surface area contributed by atoms with Gasteiger partial charge in [-0.1, -0.05) is 19.1 Å². The van der Waals surface area contributed by atoms with Gasteiger partial charge in [-0.3, -0.25) is 9.69 Å². The van der Waals surface area contributed by atoms with Gasteiger partial charge in [0.05, 0.1) is 0 Å². The predicted molar refractivity (Wildman–Crippen MR) is 89.7 cm³/mol. The van der Waals surface area contributed by atoms with Crippen molar-refractivity contribution in [2.24, 2.45) is 5.92 Å². The molecular weight excluding hydrogens is 274 g/mol. The largest absolute Gasteiger partial charge is 0.326 e. The van der Waals surface area contributed by atoms with E-state index in [-0.39, 0.29) is 5.91 Å². The third kappa shape index (κ3) is 3.68. The van der Waals surface area contributed by atoms with Crippen molar-refractivity contribution >= 4 is 11.6 Å². The van der Waals surface area contributed by atoms with E-state index < -0.39 is 0 Å². The van der Waals surface area contributed by atoms with E-state index in [9.17, 15) is 4.79 Å². The smallest absolute Gasteiger partial charge is 0.224 e. The van der Waals surface area contributed by atoms with Gasteiger partial charge in [0.2, 0.25) is 5.91 Å². The molecule has 1 saturated heterocycles. The van der Waals surface area contributed by atoms with Gasteiger partial charge in [-0.05, 0) is 62.0 Å². The first-order valence-electron chi connectivity index (χ1n) is 8.60. The summed E-state index contributed by atoms with van der Waals surface area (Å²) in [6, 6.07) is 6.29. The van der Waals surface area contributed by atoms with Crippen LogP contribution >= 0.6 is 0 Å². The third-order valence-corrected chi connectivity index (χ3v) is 4.80. The van der Waals surface area contributed by atoms with Crippen LogP contribution in [-0.2, 0) is 17.9 Å². The van der Waals surface area contributed by atoms with Crippen LogP contribution in [0.4, 0.5) is 5.69 Å². The molecule has 1 amide bonds. The molecule has 1 aromatic carbocycles. The normalized spacial score (nSPS) is 21.0. The van der Waals surface area contributed by atoms with E-state index in [1.54, 1.807) is 0 Å². The lowest BCUT2D eigenvalue weighted by atomic mass is 10.0. The highest BCUT2D eigenvalue weighted by molar-refractivity contribution is 5.91. The molecule has 0 saturated carbocycles. The Morgan fingerprint density at radius 3 is 3.09 bits per heavy atom. The molecule has 1 atom stereocenters. The highest BCUT2D eigenvalue weighted by Crippen LogP contribution is 2.29. The Balaban J connectivity index is 1.57. The first-order valence-corrected chi connectivity index (χ1v) is 8.60. The number of hydrogen-bond acceptors (Lipinski definition) is 3. The van der Waals surface area contributed by atoms with Gasteiger partial charge in [-0.15, -0.1) is 0 Å². The van der Waals surface area contributed by atoms with Crippen LogP contribution in [0.5, 0.6) is 0 Å². The lowest BCUT2D eigenvalue weighted by Gasteiger charge is -2.13. The van der Waals surface area contributed by atoms with Crippen LogP contribution in [0.25, 0.3) is 0 Å². The van der Waals surface area contributed by atoms with E-state index >= 15 is 0 Å². The molecule has 0 spiro atoms. The minimum atomic E-state index is 0.161. The zero-order valence-electron chi connectivity index (χ0n) is 13.5. The molecule has 2 N–H and O–H groups in total. The predicted octanol–water partition coefficient (Wildman–Crippen LogP) is 2.74. The SMILES string of the molecule is CCCN1Cc2cccc(NC(=O)CCC3CCNC3)c2C1. The Bertz CT molecular complexity index is 523. The summed E-state index contributed by atoms with van der Waals surface area (Å²) in [5, 5.41) is 6.50. The maximum atomic E-state index is 12.2. The van der Waals surface area contributed by atoms with E-state index in [2.05, 4.69) is 34.6 Å². The second-order valence-corrected chi connectivity index (χ2v) is 6.60. The van der Waals surface area contributed by atoms with E-state index in [0.29, 0.717) is 12.3 Å². The van der Waals surface area contributed by atoms with Crippen LogP contribution in [-0.4, -0.2) is 30.4 Å². The van der Waals surface area contributed by atoms with Crippen molar-refractivity contribution in [2.75, 3.05) is 25.0 Å². The molecule has 1 unspecified atom stereocenters. The number of nitrogens with one attached hydrogen (secondary N) is 2. The fourth-order valence-corrected chi connectivity index (χ4v) is 3.59. The minimum Gasteiger partial charge on any atom is -0.326 e. The van der Waals surface area contributed by atoms with Crippen molar-refractivity contribution in [3.63, 3.8) is 0 Å². The van der Waals surface area contributed by atoms with Gasteiger partial charge in [0.1, 0.15) is 0 Å². The highest BCUT2D eigenvalue weighted by atomic mass is 16.1. The lowest BCUT2D eigenvalue weighted by molar-refractivity contribution is -0.116. The monoisotopic (exact) mass is 301 g/mol. The zero-order valence-corrected chi connectivity index (χ0v) is 13.5. The Kier molecular flexibility index (Phi) is 5.11. The number of carbonyl (C=O) groups is 1. The quantitative estimate of drug-likeness (QED) is 0.849. The second kappa shape index (κ2) is 7.25. The summed E-state index contributed by atoms with van der Waals surface area (Å²) in [5.41, 5.74) is 3.70. The molecule has 120 valence electrons. The summed E-state index contributed by atoms with van der Waals surface area (Å²) >= 11 is 0. The number of hydrogen-bond donors (Lipinski definition) is 2. The Labute approximate surface area is 133 Å². The molecule has 0 aliphatic carbocycles. The number of rotatable bonds is 6. The van der Waals surface area contributed by atoms with Crippen LogP contribution in [0.1, 0.15) is 43.7 Å². The second-order valence-electron chi connectivity index (χ2n) is 6.60. The van der Waals surface area contributed by atoms with Crippen LogP contribution in [0.15, 0.2) is 18.2 Å². The third-order valence-electron chi connectivity index (χ3n) is 4.80. The topological polar surface area (TPSA) is 44.4 Å². The summed E-state index contributed by atoms with van der Waals surface area (Å²) in [4.78, 5) is 14.7. The molecule has 4 heteroatoms. The van der Waals surface area contributed by atoms with Crippen molar-refractivity contribution in [2.45, 2.75) is 45.7 Å². The molecule has 2 heterocycles. The molecule has 22 heavy (non-hydrogen) atoms. The van der Waals surface area contributed by atoms with Crippen molar-refractivity contribution in [3.8, 4) is 0 Å². The highest BCUT2D eigenvalue weighted by Gasteiger charge is 2.22. The van der Waals surface area contributed by atoms with Gasteiger partial charge in [-0.25, -0.2) is 0 Å². The molecule has 1 aromatic rings. The Hall–Kier alpha value is -1.39. The van der Waals surface area contributed by atoms with E-state index in [0.717, 1.165) is 44.8 Å². The van der Waals surface area contributed by atoms with Crippen LogP contribution in [0.3, 0.4) is 0 Å². The van der Waals surface area contributed by atoms with Crippen molar-refractivity contribution < 1.29 is 4.79 Å².